The molecule has 3 N–H and O–H groups in total. The van der Waals surface area contributed by atoms with Crippen LogP contribution in [-0.2, 0) is 18.4 Å². The van der Waals surface area contributed by atoms with Crippen molar-refractivity contribution in [2.45, 2.75) is 244 Å². The van der Waals surface area contributed by atoms with Crippen LogP contribution in [0.3, 0.4) is 0 Å². The molecule has 3 atom stereocenters. The first kappa shape index (κ1) is 57.0. The van der Waals surface area contributed by atoms with E-state index in [1.807, 2.05) is 21.1 Å². The molecule has 0 aromatic rings. The number of phosphoric ester groups is 1. The number of hydrogen-bond donors (Lipinski definition) is 3. The highest BCUT2D eigenvalue weighted by Crippen LogP contribution is 2.43. The summed E-state index contributed by atoms with van der Waals surface area (Å²) >= 11 is 0. The van der Waals surface area contributed by atoms with Gasteiger partial charge in [-0.05, 0) is 44.9 Å². The maximum atomic E-state index is 12.9. The van der Waals surface area contributed by atoms with Crippen molar-refractivity contribution in [2.24, 2.45) is 0 Å². The van der Waals surface area contributed by atoms with Gasteiger partial charge < -0.3 is 19.8 Å². The van der Waals surface area contributed by atoms with E-state index in [1.165, 1.54) is 161 Å². The number of carbonyl (C=O) groups is 1. The van der Waals surface area contributed by atoms with Gasteiger partial charge in [-0.15, -0.1) is 0 Å². The van der Waals surface area contributed by atoms with Crippen LogP contribution in [-0.4, -0.2) is 73.4 Å². The molecule has 58 heavy (non-hydrogen) atoms. The van der Waals surface area contributed by atoms with E-state index in [9.17, 15) is 19.4 Å². The van der Waals surface area contributed by atoms with Crippen molar-refractivity contribution >= 4 is 13.7 Å². The zero-order valence-electron chi connectivity index (χ0n) is 39.0. The smallest absolute Gasteiger partial charge is 0.391 e. The molecule has 0 aliphatic carbocycles. The second-order valence-electron chi connectivity index (χ2n) is 18.2. The van der Waals surface area contributed by atoms with E-state index in [1.54, 1.807) is 0 Å². The number of carbonyl (C=O) groups excluding carboxylic acids is 1. The van der Waals surface area contributed by atoms with Crippen LogP contribution in [0.15, 0.2) is 24.3 Å². The van der Waals surface area contributed by atoms with Gasteiger partial charge in [0.05, 0.1) is 39.9 Å². The first-order valence-electron chi connectivity index (χ1n) is 24.7. The van der Waals surface area contributed by atoms with E-state index in [0.717, 1.165) is 44.9 Å². The summed E-state index contributed by atoms with van der Waals surface area (Å²) in [5.41, 5.74) is 0. The molecule has 8 nitrogen and oxygen atoms in total. The number of amides is 1. The number of unbranched alkanes of at least 4 members (excludes halogenated alkanes) is 28. The summed E-state index contributed by atoms with van der Waals surface area (Å²) in [5, 5.41) is 13.9. The van der Waals surface area contributed by atoms with E-state index >= 15 is 0 Å². The van der Waals surface area contributed by atoms with Crippen molar-refractivity contribution in [3.63, 3.8) is 0 Å². The molecule has 0 aliphatic heterocycles. The highest BCUT2D eigenvalue weighted by Gasteiger charge is 2.28. The Bertz CT molecular complexity index is 1000. The highest BCUT2D eigenvalue weighted by atomic mass is 31.2. The van der Waals surface area contributed by atoms with E-state index in [-0.39, 0.29) is 19.1 Å². The van der Waals surface area contributed by atoms with Crippen LogP contribution in [0.25, 0.3) is 0 Å². The lowest BCUT2D eigenvalue weighted by Crippen LogP contribution is -2.46. The molecule has 9 heteroatoms. The SMILES string of the molecule is CCCCCCCCCCC/C=C\C/C=C\CCCCCCCCCCCCCC(=O)NC(COP(=O)(O)OCC[N+](C)(C)C)C(O)CCCCCCCCCCC. The Balaban J connectivity index is 4.07. The van der Waals surface area contributed by atoms with Gasteiger partial charge in [-0.3, -0.25) is 13.8 Å². The summed E-state index contributed by atoms with van der Waals surface area (Å²) in [5.74, 6) is -0.148. The maximum absolute atomic E-state index is 12.9. The van der Waals surface area contributed by atoms with Crippen LogP contribution in [0.4, 0.5) is 0 Å². The maximum Gasteiger partial charge on any atom is 0.472 e. The average Bonchev–Trinajstić information content (AvgIpc) is 3.17. The monoisotopic (exact) mass is 842 g/mol. The Labute approximate surface area is 360 Å². The molecule has 0 bridgehead atoms. The number of quaternary nitrogens is 1. The number of aliphatic hydroxyl groups is 1. The molecule has 0 radical (unpaired) electrons. The minimum absolute atomic E-state index is 0.0748. The van der Waals surface area contributed by atoms with Gasteiger partial charge in [-0.2, -0.15) is 0 Å². The third kappa shape index (κ3) is 43.1. The molecule has 3 unspecified atom stereocenters. The van der Waals surface area contributed by atoms with Crippen LogP contribution in [0.1, 0.15) is 232 Å². The standard InChI is InChI=1S/C49H97N2O6P/c1-6-8-10-12-14-16-17-18-19-20-21-22-23-24-25-26-27-28-29-30-31-32-33-35-37-39-41-43-49(53)50-47(46-57-58(54,55)56-45-44-51(3,4)5)48(52)42-40-38-36-34-15-13-11-9-7-2/h21-22,24-25,47-48,52H,6-20,23,26-46H2,1-5H3,(H-,50,53,54,55)/p+1/b22-21-,25-24-. The second-order valence-corrected chi connectivity index (χ2v) is 19.6. The number of rotatable bonds is 45. The first-order chi connectivity index (χ1) is 28.0. The molecule has 0 aliphatic rings. The quantitative estimate of drug-likeness (QED) is 0.0244. The summed E-state index contributed by atoms with van der Waals surface area (Å²) in [6, 6.07) is -0.758. The van der Waals surface area contributed by atoms with Gasteiger partial charge in [0.1, 0.15) is 13.2 Å². The number of hydrogen-bond acceptors (Lipinski definition) is 5. The average molecular weight is 842 g/mol. The van der Waals surface area contributed by atoms with Crippen LogP contribution in [0.5, 0.6) is 0 Å². The zero-order chi connectivity index (χ0) is 42.8. The lowest BCUT2D eigenvalue weighted by molar-refractivity contribution is -0.870. The molecule has 1 amide bonds. The van der Waals surface area contributed by atoms with Crippen molar-refractivity contribution in [1.29, 1.82) is 0 Å². The summed E-state index contributed by atoms with van der Waals surface area (Å²) in [6.07, 6.45) is 49.4. The Morgan fingerprint density at radius 1 is 0.586 bits per heavy atom. The van der Waals surface area contributed by atoms with Crippen molar-refractivity contribution in [3.05, 3.63) is 24.3 Å². The molecule has 0 spiro atoms. The largest absolute Gasteiger partial charge is 0.472 e. The Morgan fingerprint density at radius 2 is 0.983 bits per heavy atom. The Kier molecular flexibility index (Phi) is 40.6. The zero-order valence-corrected chi connectivity index (χ0v) is 39.9. The lowest BCUT2D eigenvalue weighted by Gasteiger charge is -2.26. The fraction of sp³-hybridized carbons (Fsp3) is 0.898. The fourth-order valence-corrected chi connectivity index (χ4v) is 7.99. The molecule has 0 heterocycles. The molecule has 0 fully saturated rings. The van der Waals surface area contributed by atoms with Crippen molar-refractivity contribution < 1.29 is 32.9 Å². The van der Waals surface area contributed by atoms with Gasteiger partial charge >= 0.3 is 7.82 Å². The normalized spacial score (nSPS) is 14.4. The van der Waals surface area contributed by atoms with Crippen LogP contribution in [0, 0.1) is 0 Å². The van der Waals surface area contributed by atoms with Crippen molar-refractivity contribution in [1.82, 2.24) is 5.32 Å². The van der Waals surface area contributed by atoms with E-state index < -0.39 is 20.0 Å². The van der Waals surface area contributed by atoms with Gasteiger partial charge in [0.15, 0.2) is 0 Å². The molecule has 0 aromatic heterocycles. The summed E-state index contributed by atoms with van der Waals surface area (Å²) < 4.78 is 23.6. The van der Waals surface area contributed by atoms with Gasteiger partial charge in [-0.1, -0.05) is 205 Å². The molecular formula is C49H98N2O6P+. The first-order valence-corrected chi connectivity index (χ1v) is 26.2. The minimum Gasteiger partial charge on any atom is -0.391 e. The van der Waals surface area contributed by atoms with Crippen LogP contribution >= 0.6 is 7.82 Å². The molecule has 0 saturated heterocycles. The summed E-state index contributed by atoms with van der Waals surface area (Å²) in [6.45, 7) is 4.87. The third-order valence-electron chi connectivity index (χ3n) is 11.2. The Morgan fingerprint density at radius 3 is 1.41 bits per heavy atom. The van der Waals surface area contributed by atoms with E-state index in [2.05, 4.69) is 43.5 Å². The number of aliphatic hydroxyl groups excluding tert-OH is 1. The van der Waals surface area contributed by atoms with Crippen molar-refractivity contribution in [2.75, 3.05) is 40.9 Å². The van der Waals surface area contributed by atoms with Gasteiger partial charge in [-0.25, -0.2) is 4.57 Å². The van der Waals surface area contributed by atoms with Gasteiger partial charge in [0.2, 0.25) is 5.91 Å². The number of nitrogens with zero attached hydrogens (tertiary/aromatic N) is 1. The third-order valence-corrected chi connectivity index (χ3v) is 12.2. The molecule has 0 aromatic carbocycles. The fourth-order valence-electron chi connectivity index (χ4n) is 7.25. The number of nitrogens with one attached hydrogen (secondary N) is 1. The summed E-state index contributed by atoms with van der Waals surface area (Å²) in [7, 11) is 1.62. The van der Waals surface area contributed by atoms with Gasteiger partial charge in [0, 0.05) is 6.42 Å². The predicted octanol–water partition coefficient (Wildman–Crippen LogP) is 14.1. The number of likely N-dealkylation sites (N-methyl/N-ethyl adjacent to an activating group) is 1. The van der Waals surface area contributed by atoms with Crippen molar-refractivity contribution in [3.8, 4) is 0 Å². The Hall–Kier alpha value is -1.02. The minimum atomic E-state index is -4.31. The van der Waals surface area contributed by atoms with E-state index in [0.29, 0.717) is 23.9 Å². The predicted molar refractivity (Wildman–Crippen MR) is 249 cm³/mol. The molecular weight excluding hydrogens is 744 g/mol. The summed E-state index contributed by atoms with van der Waals surface area (Å²) in [4.78, 5) is 23.1. The van der Waals surface area contributed by atoms with Crippen LogP contribution in [0.2, 0.25) is 0 Å². The molecule has 0 saturated carbocycles. The van der Waals surface area contributed by atoms with E-state index in [4.69, 9.17) is 9.05 Å². The molecule has 0 rings (SSSR count). The lowest BCUT2D eigenvalue weighted by atomic mass is 10.0. The van der Waals surface area contributed by atoms with Gasteiger partial charge in [0.25, 0.3) is 0 Å². The topological polar surface area (TPSA) is 105 Å². The highest BCUT2D eigenvalue weighted by molar-refractivity contribution is 7.47. The number of allylic oxidation sites excluding steroid dienone is 4. The second kappa shape index (κ2) is 41.3. The van der Waals surface area contributed by atoms with Crippen LogP contribution < -0.4 is 5.32 Å². The molecule has 344 valence electrons. The number of phosphoric acid groups is 1.